The molecule has 4 bridgehead atoms. The van der Waals surface area contributed by atoms with Gasteiger partial charge in [0.2, 0.25) is 23.6 Å². The Kier molecular flexibility index (Phi) is 7.00. The number of aromatic nitrogens is 2. The number of carbonyl (C=O) groups excluding carboxylic acids is 3. The van der Waals surface area contributed by atoms with Gasteiger partial charge in [-0.05, 0) is 35.1 Å². The van der Waals surface area contributed by atoms with Gasteiger partial charge in [0.05, 0.1) is 0 Å². The second-order valence-electron chi connectivity index (χ2n) is 12.8. The lowest BCUT2D eigenvalue weighted by molar-refractivity contribution is -0.135. The van der Waals surface area contributed by atoms with Crippen LogP contribution < -0.4 is 20.7 Å². The molecule has 7 rings (SSSR count). The lowest BCUT2D eigenvalue weighted by Gasteiger charge is -2.29. The van der Waals surface area contributed by atoms with Gasteiger partial charge < -0.3 is 34.6 Å². The number of hydrogen-bond donors (Lipinski definition) is 4. The van der Waals surface area contributed by atoms with Crippen molar-refractivity contribution in [1.82, 2.24) is 20.6 Å². The fourth-order valence-electron chi connectivity index (χ4n) is 6.55. The molecule has 1 spiro atoms. The van der Waals surface area contributed by atoms with E-state index in [1.807, 2.05) is 56.3 Å². The molecule has 0 fully saturated rings. The van der Waals surface area contributed by atoms with Crippen LogP contribution in [0.25, 0.3) is 11.6 Å². The molecule has 12 nitrogen and oxygen atoms in total. The van der Waals surface area contributed by atoms with E-state index < -0.39 is 41.6 Å². The molecule has 0 aliphatic carbocycles. The van der Waals surface area contributed by atoms with E-state index in [4.69, 9.17) is 18.6 Å². The van der Waals surface area contributed by atoms with Crippen LogP contribution in [0, 0.1) is 11.8 Å². The zero-order chi connectivity index (χ0) is 32.5. The van der Waals surface area contributed by atoms with E-state index in [1.165, 1.54) is 13.2 Å². The van der Waals surface area contributed by atoms with E-state index in [2.05, 4.69) is 20.9 Å². The molecule has 0 saturated carbocycles. The maximum absolute atomic E-state index is 13.9. The molecule has 46 heavy (non-hydrogen) atoms. The minimum atomic E-state index is -1.29. The molecule has 12 heteroatoms. The number of aliphatic hydroxyl groups is 1. The highest BCUT2D eigenvalue weighted by Crippen LogP contribution is 2.59. The molecular weight excluding hydrogens is 590 g/mol. The molecule has 5 atom stereocenters. The number of ether oxygens (including phenoxy) is 1. The number of anilines is 1. The van der Waals surface area contributed by atoms with E-state index in [9.17, 15) is 19.5 Å². The zero-order valence-electron chi connectivity index (χ0n) is 26.1. The van der Waals surface area contributed by atoms with Gasteiger partial charge in [0.15, 0.2) is 23.5 Å². The smallest absolute Gasteiger partial charge is 0.249 e. The van der Waals surface area contributed by atoms with Crippen molar-refractivity contribution < 1.29 is 33.1 Å². The highest BCUT2D eigenvalue weighted by atomic mass is 16.5. The SMILES string of the molecule is CC(=O)c1coc(-c2nc3oc2C24c5ccccc5N[C@H]2Oc2ccc(cc24)C[C@H](NC(=O)[C@@H](O)C(C)C)C(=O)N[C@H]3C(C)C)n1. The summed E-state index contributed by atoms with van der Waals surface area (Å²) in [5.41, 5.74) is 2.60. The fourth-order valence-corrected chi connectivity index (χ4v) is 6.55. The third-order valence-corrected chi connectivity index (χ3v) is 9.02. The Labute approximate surface area is 264 Å². The summed E-state index contributed by atoms with van der Waals surface area (Å²) >= 11 is 0. The zero-order valence-corrected chi connectivity index (χ0v) is 26.1. The number of Topliss-reactive ketones (excluding diaryl/α,β-unsaturated/α-hetero) is 1. The number of nitrogens with one attached hydrogen (secondary N) is 3. The van der Waals surface area contributed by atoms with Gasteiger partial charge in [0.1, 0.15) is 41.3 Å². The first kappa shape index (κ1) is 29.7. The van der Waals surface area contributed by atoms with Crippen LogP contribution in [0.15, 0.2) is 57.6 Å². The molecule has 0 saturated heterocycles. The van der Waals surface area contributed by atoms with Crippen molar-refractivity contribution in [1.29, 1.82) is 0 Å². The van der Waals surface area contributed by atoms with Crippen LogP contribution in [0.4, 0.5) is 5.69 Å². The van der Waals surface area contributed by atoms with Crippen LogP contribution in [0.1, 0.15) is 79.5 Å². The minimum absolute atomic E-state index is 0.0915. The number of oxazole rings is 2. The summed E-state index contributed by atoms with van der Waals surface area (Å²) in [6, 6.07) is 11.7. The maximum Gasteiger partial charge on any atom is 0.249 e. The van der Waals surface area contributed by atoms with Crippen molar-refractivity contribution in [2.24, 2.45) is 11.8 Å². The molecule has 0 radical (unpaired) electrons. The summed E-state index contributed by atoms with van der Waals surface area (Å²) in [5, 5.41) is 19.8. The number of hydrogen-bond acceptors (Lipinski definition) is 10. The number of aliphatic hydroxyl groups excluding tert-OH is 1. The number of para-hydroxylation sites is 1. The second kappa shape index (κ2) is 10.8. The number of ketones is 1. The lowest BCUT2D eigenvalue weighted by Crippen LogP contribution is -2.52. The molecule has 2 aromatic heterocycles. The Balaban J connectivity index is 1.48. The number of carbonyl (C=O) groups is 3. The number of amides is 2. The van der Waals surface area contributed by atoms with E-state index in [1.54, 1.807) is 13.8 Å². The number of rotatable bonds is 6. The molecule has 238 valence electrons. The molecule has 5 heterocycles. The molecule has 4 aromatic rings. The highest BCUT2D eigenvalue weighted by Gasteiger charge is 2.61. The fraction of sp³-hybridized carbons (Fsp3) is 0.382. The monoisotopic (exact) mass is 625 g/mol. The van der Waals surface area contributed by atoms with Crippen molar-refractivity contribution in [2.75, 3.05) is 5.32 Å². The van der Waals surface area contributed by atoms with Crippen molar-refractivity contribution in [3.63, 3.8) is 0 Å². The van der Waals surface area contributed by atoms with E-state index in [0.717, 1.165) is 22.4 Å². The summed E-state index contributed by atoms with van der Waals surface area (Å²) in [4.78, 5) is 48.5. The maximum atomic E-state index is 13.9. The highest BCUT2D eigenvalue weighted by molar-refractivity contribution is 5.92. The van der Waals surface area contributed by atoms with Crippen LogP contribution in [0.2, 0.25) is 0 Å². The molecule has 4 N–H and O–H groups in total. The Morgan fingerprint density at radius 3 is 2.57 bits per heavy atom. The van der Waals surface area contributed by atoms with Gasteiger partial charge in [-0.2, -0.15) is 0 Å². The topological polar surface area (TPSA) is 169 Å². The molecule has 3 aliphatic heterocycles. The minimum Gasteiger partial charge on any atom is -0.469 e. The van der Waals surface area contributed by atoms with Gasteiger partial charge >= 0.3 is 0 Å². The Bertz CT molecular complexity index is 1880. The lowest BCUT2D eigenvalue weighted by atomic mass is 9.72. The molecular formula is C34H35N5O7. The molecule has 1 unspecified atom stereocenters. The van der Waals surface area contributed by atoms with Crippen LogP contribution in [0.5, 0.6) is 5.75 Å². The van der Waals surface area contributed by atoms with Crippen LogP contribution in [0.3, 0.4) is 0 Å². The summed E-state index contributed by atoms with van der Waals surface area (Å²) in [7, 11) is 0. The Hall–Kier alpha value is -4.97. The third-order valence-electron chi connectivity index (χ3n) is 9.02. The van der Waals surface area contributed by atoms with Crippen molar-refractivity contribution in [3.05, 3.63) is 82.8 Å². The first-order valence-corrected chi connectivity index (χ1v) is 15.4. The number of fused-ring (bicyclic) bond motifs is 4. The average molecular weight is 626 g/mol. The van der Waals surface area contributed by atoms with Crippen molar-refractivity contribution in [2.45, 2.75) is 70.9 Å². The number of nitrogens with zero attached hydrogens (tertiary/aromatic N) is 2. The summed E-state index contributed by atoms with van der Waals surface area (Å²) in [6.45, 7) is 8.70. The van der Waals surface area contributed by atoms with E-state index >= 15 is 0 Å². The standard InChI is InChI=1S/C34H35N5O7/c1-15(2)25-32-39-26(31-36-23(14-44-31)17(5)40)28(46-32)34-19-8-6-7-9-21(19)37-33(34)45-24-11-10-18(12-20(24)34)13-22(29(42)38-25)35-30(43)27(41)16(3)4/h6-12,14-16,22,25,27,33,37,41H,13H2,1-5H3,(H,35,43)(H,38,42)/t22-,25-,27-,33-,34?/m0/s1. The van der Waals surface area contributed by atoms with E-state index in [0.29, 0.717) is 11.5 Å². The molecule has 3 aliphatic rings. The number of benzene rings is 2. The quantitative estimate of drug-likeness (QED) is 0.231. The predicted molar refractivity (Wildman–Crippen MR) is 165 cm³/mol. The van der Waals surface area contributed by atoms with Crippen LogP contribution in [-0.4, -0.2) is 51.0 Å². The van der Waals surface area contributed by atoms with Gasteiger partial charge in [-0.3, -0.25) is 14.4 Å². The van der Waals surface area contributed by atoms with Gasteiger partial charge in [0, 0.05) is 24.6 Å². The van der Waals surface area contributed by atoms with Crippen molar-refractivity contribution in [3.8, 4) is 17.3 Å². The van der Waals surface area contributed by atoms with Crippen LogP contribution in [-0.2, 0) is 21.4 Å². The van der Waals surface area contributed by atoms with E-state index in [-0.39, 0.29) is 47.2 Å². The van der Waals surface area contributed by atoms with Crippen molar-refractivity contribution >= 4 is 23.3 Å². The molecule has 2 amide bonds. The molecule has 2 aromatic carbocycles. The predicted octanol–water partition coefficient (Wildman–Crippen LogP) is 3.88. The first-order valence-electron chi connectivity index (χ1n) is 15.4. The summed E-state index contributed by atoms with van der Waals surface area (Å²) in [5.74, 6) is -0.614. The largest absolute Gasteiger partial charge is 0.469 e. The van der Waals surface area contributed by atoms with Crippen LogP contribution >= 0.6 is 0 Å². The van der Waals surface area contributed by atoms with Gasteiger partial charge in [-0.1, -0.05) is 58.0 Å². The third kappa shape index (κ3) is 4.50. The summed E-state index contributed by atoms with van der Waals surface area (Å²) < 4.78 is 19.1. The first-order chi connectivity index (χ1) is 22.0. The van der Waals surface area contributed by atoms with Gasteiger partial charge in [-0.25, -0.2) is 9.97 Å². The average Bonchev–Trinajstić information content (AvgIpc) is 3.79. The van der Waals surface area contributed by atoms with Gasteiger partial charge in [0.25, 0.3) is 0 Å². The summed E-state index contributed by atoms with van der Waals surface area (Å²) in [6.07, 6.45) is -0.482. The Morgan fingerprint density at radius 2 is 1.85 bits per heavy atom. The second-order valence-corrected chi connectivity index (χ2v) is 12.8. The van der Waals surface area contributed by atoms with Gasteiger partial charge in [-0.15, -0.1) is 0 Å². The normalized spacial score (nSPS) is 23.4. The Morgan fingerprint density at radius 1 is 1.07 bits per heavy atom.